The Bertz CT molecular complexity index is 561. The van der Waals surface area contributed by atoms with Crippen LogP contribution >= 0.6 is 15.9 Å². The number of nitrogens with two attached hydrogens (primary N) is 1. The molecule has 7 heteroatoms. The third-order valence-electron chi connectivity index (χ3n) is 2.77. The molecule has 0 amide bonds. The van der Waals surface area contributed by atoms with Crippen LogP contribution in [0.2, 0.25) is 0 Å². The highest BCUT2D eigenvalue weighted by Gasteiger charge is 2.29. The van der Waals surface area contributed by atoms with Gasteiger partial charge >= 0.3 is 0 Å². The molecule has 0 bridgehead atoms. The lowest BCUT2D eigenvalue weighted by Gasteiger charge is -2.25. The van der Waals surface area contributed by atoms with Crippen molar-refractivity contribution in [1.82, 2.24) is 4.31 Å². The molecule has 0 unspecified atom stereocenters. The lowest BCUT2D eigenvalue weighted by atomic mass is 10.2. The Hall–Kier alpha value is -0.500. The summed E-state index contributed by atoms with van der Waals surface area (Å²) in [6.07, 6.45) is 0. The molecule has 1 aromatic carbocycles. The maximum Gasteiger partial charge on any atom is 0.246 e. The third-order valence-corrected chi connectivity index (χ3v) is 5.38. The monoisotopic (exact) mass is 352 g/mol. The zero-order chi connectivity index (χ0) is 14.8. The van der Waals surface area contributed by atoms with Gasteiger partial charge in [0.05, 0.1) is 0 Å². The number of rotatable bonds is 5. The predicted octanol–water partition coefficient (Wildman–Crippen LogP) is 2.47. The molecular weight excluding hydrogens is 335 g/mol. The molecule has 108 valence electrons. The zero-order valence-corrected chi connectivity index (χ0v) is 13.6. The zero-order valence-electron chi connectivity index (χ0n) is 11.2. The van der Waals surface area contributed by atoms with Gasteiger partial charge in [0.1, 0.15) is 10.7 Å². The van der Waals surface area contributed by atoms with Crippen molar-refractivity contribution < 1.29 is 12.8 Å². The molecule has 0 aliphatic carbocycles. The summed E-state index contributed by atoms with van der Waals surface area (Å²) in [5.74, 6) is -0.773. The first kappa shape index (κ1) is 16.6. The highest BCUT2D eigenvalue weighted by Crippen LogP contribution is 2.27. The smallest absolute Gasteiger partial charge is 0.246 e. The van der Waals surface area contributed by atoms with Crippen LogP contribution in [0.15, 0.2) is 21.5 Å². The standard InChI is InChI=1S/C12H18BrFN2O2S/c1-4-16(8(2)3)19(17,18)11-6-10(13)5-9(7-15)12(11)14/h5-6,8H,4,7,15H2,1-3H3. The summed E-state index contributed by atoms with van der Waals surface area (Å²) in [5, 5.41) is 0. The van der Waals surface area contributed by atoms with E-state index in [0.717, 1.165) is 0 Å². The van der Waals surface area contributed by atoms with E-state index in [1.54, 1.807) is 20.8 Å². The average molecular weight is 353 g/mol. The van der Waals surface area contributed by atoms with Crippen LogP contribution in [0.4, 0.5) is 4.39 Å². The van der Waals surface area contributed by atoms with E-state index in [2.05, 4.69) is 15.9 Å². The third kappa shape index (κ3) is 3.34. The summed E-state index contributed by atoms with van der Waals surface area (Å²) >= 11 is 3.18. The first-order valence-electron chi connectivity index (χ1n) is 5.95. The Labute approximate surface area is 122 Å². The Balaban J connectivity index is 3.48. The quantitative estimate of drug-likeness (QED) is 0.885. The highest BCUT2D eigenvalue weighted by atomic mass is 79.9. The predicted molar refractivity (Wildman–Crippen MR) is 76.7 cm³/mol. The van der Waals surface area contributed by atoms with Crippen LogP contribution in [-0.4, -0.2) is 25.3 Å². The number of benzene rings is 1. The van der Waals surface area contributed by atoms with Gasteiger partial charge in [-0.2, -0.15) is 4.31 Å². The first-order chi connectivity index (χ1) is 8.75. The lowest BCUT2D eigenvalue weighted by Crippen LogP contribution is -2.37. The van der Waals surface area contributed by atoms with Gasteiger partial charge in [-0.1, -0.05) is 22.9 Å². The summed E-state index contributed by atoms with van der Waals surface area (Å²) in [6.45, 7) is 5.45. The second-order valence-corrected chi connectivity index (χ2v) is 7.16. The van der Waals surface area contributed by atoms with Gasteiger partial charge in [-0.25, -0.2) is 12.8 Å². The molecule has 0 saturated carbocycles. The van der Waals surface area contributed by atoms with Crippen LogP contribution in [0.1, 0.15) is 26.3 Å². The number of halogens is 2. The maximum atomic E-state index is 14.2. The van der Waals surface area contributed by atoms with Gasteiger partial charge in [-0.05, 0) is 26.0 Å². The summed E-state index contributed by atoms with van der Waals surface area (Å²) < 4.78 is 40.9. The van der Waals surface area contributed by atoms with Crippen LogP contribution in [0.25, 0.3) is 0 Å². The Morgan fingerprint density at radius 2 is 2.00 bits per heavy atom. The Morgan fingerprint density at radius 3 is 2.42 bits per heavy atom. The largest absolute Gasteiger partial charge is 0.326 e. The number of sulfonamides is 1. The maximum absolute atomic E-state index is 14.2. The van der Waals surface area contributed by atoms with Gasteiger partial charge in [0.25, 0.3) is 0 Å². The van der Waals surface area contributed by atoms with Gasteiger partial charge in [0.15, 0.2) is 0 Å². The lowest BCUT2D eigenvalue weighted by molar-refractivity contribution is 0.366. The molecule has 0 radical (unpaired) electrons. The summed E-state index contributed by atoms with van der Waals surface area (Å²) in [5.41, 5.74) is 5.60. The second kappa shape index (κ2) is 6.30. The molecule has 1 rings (SSSR count). The molecule has 0 aliphatic rings. The molecule has 0 fully saturated rings. The van der Waals surface area contributed by atoms with Crippen LogP contribution in [-0.2, 0) is 16.6 Å². The fraction of sp³-hybridized carbons (Fsp3) is 0.500. The molecule has 1 aromatic rings. The van der Waals surface area contributed by atoms with Gasteiger partial charge in [0.2, 0.25) is 10.0 Å². The molecule has 19 heavy (non-hydrogen) atoms. The van der Waals surface area contributed by atoms with E-state index >= 15 is 0 Å². The van der Waals surface area contributed by atoms with Gasteiger partial charge in [-0.15, -0.1) is 0 Å². The fourth-order valence-electron chi connectivity index (χ4n) is 1.89. The first-order valence-corrected chi connectivity index (χ1v) is 8.18. The fourth-order valence-corrected chi connectivity index (χ4v) is 4.33. The molecule has 0 atom stereocenters. The Kier molecular flexibility index (Phi) is 5.49. The molecular formula is C12H18BrFN2O2S. The van der Waals surface area contributed by atoms with E-state index < -0.39 is 15.8 Å². The van der Waals surface area contributed by atoms with Crippen molar-refractivity contribution in [3.63, 3.8) is 0 Å². The number of hydrogen-bond acceptors (Lipinski definition) is 3. The summed E-state index contributed by atoms with van der Waals surface area (Å²) in [4.78, 5) is -0.335. The molecule has 2 N–H and O–H groups in total. The SMILES string of the molecule is CCN(C(C)C)S(=O)(=O)c1cc(Br)cc(CN)c1F. The minimum absolute atomic E-state index is 0.0540. The van der Waals surface area contributed by atoms with E-state index in [-0.39, 0.29) is 29.6 Å². The van der Waals surface area contributed by atoms with Crippen molar-refractivity contribution in [3.05, 3.63) is 28.0 Å². The summed E-state index contributed by atoms with van der Waals surface area (Å²) in [7, 11) is -3.86. The highest BCUT2D eigenvalue weighted by molar-refractivity contribution is 9.10. The van der Waals surface area contributed by atoms with E-state index in [9.17, 15) is 12.8 Å². The molecule has 0 saturated heterocycles. The number of hydrogen-bond donors (Lipinski definition) is 1. The normalized spacial score (nSPS) is 12.4. The van der Waals surface area contributed by atoms with Crippen molar-refractivity contribution in [1.29, 1.82) is 0 Å². The van der Waals surface area contributed by atoms with Gasteiger partial charge < -0.3 is 5.73 Å². The summed E-state index contributed by atoms with van der Waals surface area (Å²) in [6, 6.07) is 2.52. The molecule has 0 spiro atoms. The van der Waals surface area contributed by atoms with Crippen molar-refractivity contribution in [3.8, 4) is 0 Å². The van der Waals surface area contributed by atoms with Crippen molar-refractivity contribution in [2.45, 2.75) is 38.3 Å². The van der Waals surface area contributed by atoms with Crippen LogP contribution in [0, 0.1) is 5.82 Å². The Morgan fingerprint density at radius 1 is 1.42 bits per heavy atom. The second-order valence-electron chi connectivity index (χ2n) is 4.38. The minimum Gasteiger partial charge on any atom is -0.326 e. The molecule has 4 nitrogen and oxygen atoms in total. The number of nitrogens with zero attached hydrogens (tertiary/aromatic N) is 1. The van der Waals surface area contributed by atoms with Crippen molar-refractivity contribution >= 4 is 26.0 Å². The van der Waals surface area contributed by atoms with Crippen molar-refractivity contribution in [2.75, 3.05) is 6.54 Å². The topological polar surface area (TPSA) is 63.4 Å². The van der Waals surface area contributed by atoms with Gasteiger partial charge in [0, 0.05) is 29.2 Å². The van der Waals surface area contributed by atoms with E-state index in [4.69, 9.17) is 5.73 Å². The molecule has 0 aromatic heterocycles. The van der Waals surface area contributed by atoms with Crippen LogP contribution in [0.3, 0.4) is 0 Å². The van der Waals surface area contributed by atoms with E-state index in [1.165, 1.54) is 16.4 Å². The molecule has 0 heterocycles. The van der Waals surface area contributed by atoms with E-state index in [1.807, 2.05) is 0 Å². The van der Waals surface area contributed by atoms with Gasteiger partial charge in [-0.3, -0.25) is 0 Å². The van der Waals surface area contributed by atoms with E-state index in [0.29, 0.717) is 4.47 Å². The minimum atomic E-state index is -3.86. The van der Waals surface area contributed by atoms with Crippen LogP contribution in [0.5, 0.6) is 0 Å². The molecule has 0 aliphatic heterocycles. The van der Waals surface area contributed by atoms with Crippen molar-refractivity contribution in [2.24, 2.45) is 5.73 Å². The van der Waals surface area contributed by atoms with Crippen LogP contribution < -0.4 is 5.73 Å². The average Bonchev–Trinajstić information content (AvgIpc) is 2.31.